The summed E-state index contributed by atoms with van der Waals surface area (Å²) in [4.78, 5) is 0. The largest absolute Gasteiger partial charge is 0.507 e. The van der Waals surface area contributed by atoms with E-state index in [0.717, 1.165) is 29.9 Å². The van der Waals surface area contributed by atoms with Gasteiger partial charge in [-0.3, -0.25) is 0 Å². The predicted octanol–water partition coefficient (Wildman–Crippen LogP) is 3.52. The highest BCUT2D eigenvalue weighted by molar-refractivity contribution is 8.21. The Bertz CT molecular complexity index is 196. The Balaban J connectivity index is 2.85. The molecule has 0 radical (unpaired) electrons. The Labute approximate surface area is 84.8 Å². The summed E-state index contributed by atoms with van der Waals surface area (Å²) in [5, 5.41) is 0. The standard InChI is InChI=1S/C7H11BF3S2/c1-2-4-7(8(9,10)11)12-5-3-6-13-7/h2,4H,3,5-6H2,1H3/q-1/b4-2+. The summed E-state index contributed by atoms with van der Waals surface area (Å²) in [5.74, 6) is 1.22. The molecule has 1 aliphatic rings. The minimum absolute atomic E-state index is 0.610. The van der Waals surface area contributed by atoms with E-state index in [9.17, 15) is 12.9 Å². The van der Waals surface area contributed by atoms with Crippen LogP contribution in [-0.2, 0) is 0 Å². The van der Waals surface area contributed by atoms with Gasteiger partial charge in [-0.15, -0.1) is 0 Å². The molecule has 1 rings (SSSR count). The van der Waals surface area contributed by atoms with Crippen molar-refractivity contribution in [3.63, 3.8) is 0 Å². The summed E-state index contributed by atoms with van der Waals surface area (Å²) in [6, 6.07) is 0. The Morgan fingerprint density at radius 1 is 1.23 bits per heavy atom. The SMILES string of the molecule is C/C=C/C1([B-](F)(F)F)SCCCS1. The van der Waals surface area contributed by atoms with Crippen molar-refractivity contribution in [2.24, 2.45) is 0 Å². The first-order chi connectivity index (χ1) is 6.02. The van der Waals surface area contributed by atoms with Gasteiger partial charge in [-0.2, -0.15) is 23.5 Å². The Kier molecular flexibility index (Phi) is 3.68. The molecule has 0 N–H and O–H groups in total. The van der Waals surface area contributed by atoms with Crippen molar-refractivity contribution < 1.29 is 12.9 Å². The highest BCUT2D eigenvalue weighted by Crippen LogP contribution is 2.51. The smallest absolute Gasteiger partial charge is 0.447 e. The molecule has 13 heavy (non-hydrogen) atoms. The molecule has 0 nitrogen and oxygen atoms in total. The Morgan fingerprint density at radius 2 is 1.77 bits per heavy atom. The van der Waals surface area contributed by atoms with Crippen molar-refractivity contribution in [2.75, 3.05) is 11.5 Å². The quantitative estimate of drug-likeness (QED) is 0.523. The van der Waals surface area contributed by atoms with E-state index in [-0.39, 0.29) is 0 Å². The zero-order chi connectivity index (χ0) is 9.95. The van der Waals surface area contributed by atoms with Crippen LogP contribution in [0.5, 0.6) is 0 Å². The number of hydrogen-bond acceptors (Lipinski definition) is 2. The average molecular weight is 227 g/mol. The molecule has 1 aliphatic heterocycles. The number of halogens is 3. The van der Waals surface area contributed by atoms with E-state index in [1.807, 2.05) is 0 Å². The van der Waals surface area contributed by atoms with E-state index in [4.69, 9.17) is 0 Å². The third-order valence-corrected chi connectivity index (χ3v) is 5.20. The zero-order valence-corrected chi connectivity index (χ0v) is 8.94. The summed E-state index contributed by atoms with van der Waals surface area (Å²) in [6.45, 7) is -3.16. The zero-order valence-electron chi connectivity index (χ0n) is 7.30. The average Bonchev–Trinajstić information content (AvgIpc) is 2.04. The highest BCUT2D eigenvalue weighted by Gasteiger charge is 2.49. The van der Waals surface area contributed by atoms with Crippen molar-refractivity contribution in [3.8, 4) is 0 Å². The van der Waals surface area contributed by atoms with Crippen molar-refractivity contribution in [3.05, 3.63) is 12.2 Å². The molecular weight excluding hydrogens is 216 g/mol. The molecule has 0 atom stereocenters. The molecular formula is C7H11BF3S2-. The van der Waals surface area contributed by atoms with Gasteiger partial charge >= 0.3 is 6.98 Å². The van der Waals surface area contributed by atoms with Crippen molar-refractivity contribution >= 4 is 30.5 Å². The molecule has 0 saturated carbocycles. The van der Waals surface area contributed by atoms with Gasteiger partial charge in [0.05, 0.1) is 3.98 Å². The summed E-state index contributed by atoms with van der Waals surface area (Å²) < 4.78 is 36.6. The van der Waals surface area contributed by atoms with Crippen LogP contribution in [0.3, 0.4) is 0 Å². The van der Waals surface area contributed by atoms with E-state index in [1.165, 1.54) is 12.2 Å². The van der Waals surface area contributed by atoms with Gasteiger partial charge in [-0.05, 0) is 24.9 Å². The molecule has 1 heterocycles. The molecule has 1 fully saturated rings. The van der Waals surface area contributed by atoms with Gasteiger partial charge in [-0.25, -0.2) is 0 Å². The van der Waals surface area contributed by atoms with Crippen LogP contribution < -0.4 is 0 Å². The summed E-state index contributed by atoms with van der Waals surface area (Å²) in [7, 11) is 0. The maximum Gasteiger partial charge on any atom is 0.507 e. The van der Waals surface area contributed by atoms with Crippen LogP contribution in [0.4, 0.5) is 12.9 Å². The van der Waals surface area contributed by atoms with E-state index in [2.05, 4.69) is 0 Å². The fourth-order valence-electron chi connectivity index (χ4n) is 1.19. The first-order valence-electron chi connectivity index (χ1n) is 4.13. The third kappa shape index (κ3) is 2.40. The minimum Gasteiger partial charge on any atom is -0.447 e. The number of rotatable bonds is 2. The van der Waals surface area contributed by atoms with Crippen LogP contribution in [0.15, 0.2) is 12.2 Å². The van der Waals surface area contributed by atoms with E-state index >= 15 is 0 Å². The number of hydrogen-bond donors (Lipinski definition) is 0. The van der Waals surface area contributed by atoms with Crippen LogP contribution in [0.2, 0.25) is 0 Å². The first-order valence-corrected chi connectivity index (χ1v) is 6.10. The molecule has 6 heteroatoms. The topological polar surface area (TPSA) is 0 Å². The van der Waals surface area contributed by atoms with Crippen LogP contribution >= 0.6 is 23.5 Å². The fraction of sp³-hybridized carbons (Fsp3) is 0.714. The van der Waals surface area contributed by atoms with Gasteiger partial charge in [0.2, 0.25) is 0 Å². The van der Waals surface area contributed by atoms with Gasteiger partial charge in [0.1, 0.15) is 0 Å². The summed E-state index contributed by atoms with van der Waals surface area (Å²) in [5.41, 5.74) is 0. The molecule has 0 unspecified atom stereocenters. The van der Waals surface area contributed by atoms with Gasteiger partial charge in [0.25, 0.3) is 0 Å². The van der Waals surface area contributed by atoms with E-state index in [1.54, 1.807) is 6.92 Å². The molecule has 0 amide bonds. The van der Waals surface area contributed by atoms with Crippen LogP contribution in [-0.4, -0.2) is 22.5 Å². The van der Waals surface area contributed by atoms with Crippen LogP contribution in [0.1, 0.15) is 13.3 Å². The maximum atomic E-state index is 12.8. The fourth-order valence-corrected chi connectivity index (χ4v) is 4.26. The predicted molar refractivity (Wildman–Crippen MR) is 56.2 cm³/mol. The second kappa shape index (κ2) is 4.21. The number of thioether (sulfide) groups is 2. The van der Waals surface area contributed by atoms with Gasteiger partial charge < -0.3 is 12.9 Å². The third-order valence-electron chi connectivity index (χ3n) is 1.80. The van der Waals surface area contributed by atoms with Gasteiger partial charge in [-0.1, -0.05) is 12.2 Å². The minimum atomic E-state index is -4.79. The van der Waals surface area contributed by atoms with Gasteiger partial charge in [0.15, 0.2) is 0 Å². The molecule has 1 saturated heterocycles. The lowest BCUT2D eigenvalue weighted by molar-refractivity contribution is 0.467. The van der Waals surface area contributed by atoms with E-state index < -0.39 is 11.0 Å². The molecule has 0 aromatic rings. The Hall–Kier alpha value is 0.295. The summed E-state index contributed by atoms with van der Waals surface area (Å²) in [6.07, 6.45) is 3.67. The number of allylic oxidation sites excluding steroid dienone is 1. The lowest BCUT2D eigenvalue weighted by Crippen LogP contribution is -2.44. The Morgan fingerprint density at radius 3 is 2.15 bits per heavy atom. The van der Waals surface area contributed by atoms with Crippen LogP contribution in [0, 0.1) is 0 Å². The molecule has 0 aliphatic carbocycles. The van der Waals surface area contributed by atoms with Crippen molar-refractivity contribution in [1.29, 1.82) is 0 Å². The molecule has 76 valence electrons. The second-order valence-corrected chi connectivity index (χ2v) is 5.85. The van der Waals surface area contributed by atoms with Crippen molar-refractivity contribution in [2.45, 2.75) is 17.3 Å². The first kappa shape index (κ1) is 11.4. The van der Waals surface area contributed by atoms with Crippen molar-refractivity contribution in [1.82, 2.24) is 0 Å². The lowest BCUT2D eigenvalue weighted by Gasteiger charge is -2.41. The van der Waals surface area contributed by atoms with Crippen LogP contribution in [0.25, 0.3) is 0 Å². The second-order valence-electron chi connectivity index (χ2n) is 2.85. The molecule has 0 spiro atoms. The maximum absolute atomic E-state index is 12.8. The molecule has 0 aromatic carbocycles. The molecule has 0 bridgehead atoms. The monoisotopic (exact) mass is 227 g/mol. The molecule has 0 aromatic heterocycles. The lowest BCUT2D eigenvalue weighted by atomic mass is 9.84. The normalized spacial score (nSPS) is 23.7. The van der Waals surface area contributed by atoms with E-state index in [0.29, 0.717) is 11.5 Å². The highest BCUT2D eigenvalue weighted by atomic mass is 32.2. The summed E-state index contributed by atoms with van der Waals surface area (Å²) >= 11 is 2.04. The van der Waals surface area contributed by atoms with Gasteiger partial charge in [0, 0.05) is 0 Å².